The van der Waals surface area contributed by atoms with Crippen LogP contribution in [-0.2, 0) is 13.5 Å². The van der Waals surface area contributed by atoms with E-state index >= 15 is 0 Å². The van der Waals surface area contributed by atoms with Gasteiger partial charge in [0.2, 0.25) is 0 Å². The van der Waals surface area contributed by atoms with Crippen LogP contribution in [0.2, 0.25) is 0 Å². The number of aryl methyl sites for hydroxylation is 2. The smallest absolute Gasteiger partial charge is 0.119 e. The van der Waals surface area contributed by atoms with Gasteiger partial charge in [-0.3, -0.25) is 4.68 Å². The fourth-order valence-corrected chi connectivity index (χ4v) is 2.66. The summed E-state index contributed by atoms with van der Waals surface area (Å²) in [6.07, 6.45) is 0.739. The molecule has 0 aliphatic heterocycles. The van der Waals surface area contributed by atoms with Crippen LogP contribution in [0, 0.1) is 6.92 Å². The molecule has 102 valence electrons. The van der Waals surface area contributed by atoms with Gasteiger partial charge in [-0.15, -0.1) is 0 Å². The molecular weight excluding hydrogens is 306 g/mol. The number of ether oxygens (including phenoxy) is 1. The average Bonchev–Trinajstić information content (AvgIpc) is 2.68. The lowest BCUT2D eigenvalue weighted by Crippen LogP contribution is -2.16. The minimum absolute atomic E-state index is 0.0979. The van der Waals surface area contributed by atoms with Gasteiger partial charge in [0.15, 0.2) is 0 Å². The van der Waals surface area contributed by atoms with Gasteiger partial charge in [-0.05, 0) is 36.8 Å². The third kappa shape index (κ3) is 3.16. The first-order chi connectivity index (χ1) is 9.01. The van der Waals surface area contributed by atoms with Crippen molar-refractivity contribution in [3.8, 4) is 5.75 Å². The maximum absolute atomic E-state index is 6.30. The monoisotopic (exact) mass is 323 g/mol. The fourth-order valence-electron chi connectivity index (χ4n) is 2.12. The molecule has 1 aromatic heterocycles. The van der Waals surface area contributed by atoms with Crippen LogP contribution in [-0.4, -0.2) is 16.9 Å². The van der Waals surface area contributed by atoms with Crippen molar-refractivity contribution >= 4 is 15.9 Å². The van der Waals surface area contributed by atoms with Gasteiger partial charge in [0.05, 0.1) is 12.8 Å². The summed E-state index contributed by atoms with van der Waals surface area (Å²) in [5, 5.41) is 4.34. The van der Waals surface area contributed by atoms with Crippen LogP contribution in [0.25, 0.3) is 0 Å². The highest BCUT2D eigenvalue weighted by atomic mass is 79.9. The predicted molar refractivity (Wildman–Crippen MR) is 79.3 cm³/mol. The summed E-state index contributed by atoms with van der Waals surface area (Å²) in [6.45, 7) is 1.98. The molecule has 0 spiro atoms. The predicted octanol–water partition coefficient (Wildman–Crippen LogP) is 2.74. The van der Waals surface area contributed by atoms with Crippen molar-refractivity contribution in [2.75, 3.05) is 7.11 Å². The lowest BCUT2D eigenvalue weighted by Gasteiger charge is -2.15. The Balaban J connectivity index is 2.24. The normalized spacial score (nSPS) is 12.5. The first kappa shape index (κ1) is 14.1. The Kier molecular flexibility index (Phi) is 4.27. The Labute approximate surface area is 121 Å². The molecule has 5 heteroatoms. The highest BCUT2D eigenvalue weighted by Gasteiger charge is 2.14. The number of rotatable bonds is 4. The summed E-state index contributed by atoms with van der Waals surface area (Å²) in [5.41, 5.74) is 9.48. The first-order valence-corrected chi connectivity index (χ1v) is 6.89. The van der Waals surface area contributed by atoms with E-state index in [9.17, 15) is 0 Å². The molecule has 0 saturated heterocycles. The summed E-state index contributed by atoms with van der Waals surface area (Å²) in [7, 11) is 3.60. The number of hydrogen-bond acceptors (Lipinski definition) is 3. The molecule has 0 aliphatic rings. The maximum Gasteiger partial charge on any atom is 0.119 e. The molecule has 0 amide bonds. The van der Waals surface area contributed by atoms with E-state index in [-0.39, 0.29) is 6.04 Å². The van der Waals surface area contributed by atoms with Gasteiger partial charge in [-0.25, -0.2) is 0 Å². The second-order valence-corrected chi connectivity index (χ2v) is 5.45. The maximum atomic E-state index is 6.30. The zero-order valence-corrected chi connectivity index (χ0v) is 12.9. The second kappa shape index (κ2) is 5.75. The third-order valence-corrected chi connectivity index (χ3v) is 3.85. The van der Waals surface area contributed by atoms with Crippen molar-refractivity contribution < 1.29 is 4.74 Å². The fraction of sp³-hybridized carbons (Fsp3) is 0.357. The SMILES string of the molecule is COc1ccc(Br)c(C(N)Cc2cc(C)nn2C)c1. The van der Waals surface area contributed by atoms with E-state index < -0.39 is 0 Å². The Morgan fingerprint density at radius 1 is 1.42 bits per heavy atom. The van der Waals surface area contributed by atoms with Crippen LogP contribution in [0.4, 0.5) is 0 Å². The Hall–Kier alpha value is -1.33. The average molecular weight is 324 g/mol. The summed E-state index contributed by atoms with van der Waals surface area (Å²) in [5.74, 6) is 0.815. The van der Waals surface area contributed by atoms with Gasteiger partial charge in [-0.1, -0.05) is 15.9 Å². The van der Waals surface area contributed by atoms with Gasteiger partial charge in [-0.2, -0.15) is 5.10 Å². The largest absolute Gasteiger partial charge is 0.497 e. The van der Waals surface area contributed by atoms with Gasteiger partial charge >= 0.3 is 0 Å². The van der Waals surface area contributed by atoms with E-state index in [2.05, 4.69) is 27.1 Å². The molecule has 0 radical (unpaired) electrons. The van der Waals surface area contributed by atoms with Crippen LogP contribution in [0.3, 0.4) is 0 Å². The van der Waals surface area contributed by atoms with E-state index in [4.69, 9.17) is 10.5 Å². The number of nitrogens with zero attached hydrogens (tertiary/aromatic N) is 2. The summed E-state index contributed by atoms with van der Waals surface area (Å²) < 4.78 is 8.12. The Bertz CT molecular complexity index is 580. The topological polar surface area (TPSA) is 53.1 Å². The minimum atomic E-state index is -0.0979. The molecule has 0 bridgehead atoms. The minimum Gasteiger partial charge on any atom is -0.497 e. The highest BCUT2D eigenvalue weighted by Crippen LogP contribution is 2.28. The van der Waals surface area contributed by atoms with Crippen molar-refractivity contribution in [3.05, 3.63) is 45.7 Å². The van der Waals surface area contributed by atoms with E-state index in [0.717, 1.165) is 33.6 Å². The van der Waals surface area contributed by atoms with Crippen LogP contribution in [0.1, 0.15) is 23.0 Å². The molecule has 0 saturated carbocycles. The number of benzene rings is 1. The molecule has 1 aromatic carbocycles. The van der Waals surface area contributed by atoms with Crippen molar-refractivity contribution in [1.82, 2.24) is 9.78 Å². The van der Waals surface area contributed by atoms with E-state index in [0.29, 0.717) is 0 Å². The second-order valence-electron chi connectivity index (χ2n) is 4.60. The Morgan fingerprint density at radius 2 is 2.16 bits per heavy atom. The van der Waals surface area contributed by atoms with Crippen molar-refractivity contribution in [3.63, 3.8) is 0 Å². The molecule has 1 heterocycles. The standard InChI is InChI=1S/C14H18BrN3O/c1-9-6-10(18(2)17-9)7-14(16)12-8-11(19-3)4-5-13(12)15/h4-6,8,14H,7,16H2,1-3H3. The number of nitrogens with two attached hydrogens (primary N) is 1. The lowest BCUT2D eigenvalue weighted by atomic mass is 10.0. The van der Waals surface area contributed by atoms with Crippen LogP contribution in [0.5, 0.6) is 5.75 Å². The zero-order chi connectivity index (χ0) is 14.0. The van der Waals surface area contributed by atoms with Crippen LogP contribution >= 0.6 is 15.9 Å². The van der Waals surface area contributed by atoms with Gasteiger partial charge in [0.1, 0.15) is 5.75 Å². The number of aromatic nitrogens is 2. The van der Waals surface area contributed by atoms with Gasteiger partial charge < -0.3 is 10.5 Å². The summed E-state index contributed by atoms with van der Waals surface area (Å²) >= 11 is 3.54. The van der Waals surface area contributed by atoms with Crippen molar-refractivity contribution in [2.45, 2.75) is 19.4 Å². The molecule has 2 N–H and O–H groups in total. The quantitative estimate of drug-likeness (QED) is 0.941. The molecule has 2 aromatic rings. The van der Waals surface area contributed by atoms with Gasteiger partial charge in [0.25, 0.3) is 0 Å². The molecule has 1 unspecified atom stereocenters. The zero-order valence-electron chi connectivity index (χ0n) is 11.4. The van der Waals surface area contributed by atoms with Crippen LogP contribution in [0.15, 0.2) is 28.7 Å². The molecule has 19 heavy (non-hydrogen) atoms. The molecule has 0 aliphatic carbocycles. The Morgan fingerprint density at radius 3 is 2.74 bits per heavy atom. The van der Waals surface area contributed by atoms with Crippen molar-refractivity contribution in [1.29, 1.82) is 0 Å². The lowest BCUT2D eigenvalue weighted by molar-refractivity contribution is 0.413. The van der Waals surface area contributed by atoms with Gasteiger partial charge in [0, 0.05) is 29.7 Å². The molecule has 4 nitrogen and oxygen atoms in total. The first-order valence-electron chi connectivity index (χ1n) is 6.09. The van der Waals surface area contributed by atoms with E-state index in [1.807, 2.05) is 36.9 Å². The molecule has 2 rings (SSSR count). The number of hydrogen-bond donors (Lipinski definition) is 1. The van der Waals surface area contributed by atoms with E-state index in [1.54, 1.807) is 7.11 Å². The van der Waals surface area contributed by atoms with E-state index in [1.165, 1.54) is 0 Å². The molecule has 1 atom stereocenters. The van der Waals surface area contributed by atoms with Crippen molar-refractivity contribution in [2.24, 2.45) is 12.8 Å². The summed E-state index contributed by atoms with van der Waals surface area (Å²) in [4.78, 5) is 0. The third-order valence-electron chi connectivity index (χ3n) is 3.13. The molecular formula is C14H18BrN3O. The number of methoxy groups -OCH3 is 1. The number of halogens is 1. The summed E-state index contributed by atoms with van der Waals surface area (Å²) in [6, 6.07) is 7.81. The highest BCUT2D eigenvalue weighted by molar-refractivity contribution is 9.10. The van der Waals surface area contributed by atoms with Crippen LogP contribution < -0.4 is 10.5 Å². The molecule has 0 fully saturated rings.